The summed E-state index contributed by atoms with van der Waals surface area (Å²) in [7, 11) is 0. The van der Waals surface area contributed by atoms with E-state index in [9.17, 15) is 19.4 Å². The summed E-state index contributed by atoms with van der Waals surface area (Å²) in [6, 6.07) is 3.39. The Morgan fingerprint density at radius 2 is 2.29 bits per heavy atom. The molecule has 0 radical (unpaired) electrons. The Balaban J connectivity index is 1.73. The molecular weight excluding hydrogens is 275 g/mol. The van der Waals surface area contributed by atoms with Gasteiger partial charge in [-0.05, 0) is 50.6 Å². The Morgan fingerprint density at radius 1 is 1.48 bits per heavy atom. The van der Waals surface area contributed by atoms with E-state index in [1.165, 1.54) is 6.07 Å². The van der Waals surface area contributed by atoms with Crippen LogP contribution in [-0.2, 0) is 0 Å². The highest BCUT2D eigenvalue weighted by Crippen LogP contribution is 2.15. The predicted octanol–water partition coefficient (Wildman–Crippen LogP) is 1.11. The summed E-state index contributed by atoms with van der Waals surface area (Å²) in [5, 5.41) is 21.5. The van der Waals surface area contributed by atoms with Gasteiger partial charge >= 0.3 is 0 Å². The van der Waals surface area contributed by atoms with Gasteiger partial charge < -0.3 is 20.4 Å². The highest BCUT2D eigenvalue weighted by Gasteiger charge is 2.17. The molecule has 116 valence electrons. The van der Waals surface area contributed by atoms with Crippen molar-refractivity contribution in [3.05, 3.63) is 29.6 Å². The quantitative estimate of drug-likeness (QED) is 0.712. The van der Waals surface area contributed by atoms with Gasteiger partial charge in [-0.2, -0.15) is 0 Å². The maximum atomic E-state index is 13.5. The van der Waals surface area contributed by atoms with E-state index in [-0.39, 0.29) is 17.4 Å². The molecule has 0 bridgehead atoms. The fraction of sp³-hybridized carbons (Fsp3) is 0.533. The largest absolute Gasteiger partial charge is 0.508 e. The maximum Gasteiger partial charge on any atom is 0.254 e. The number of rotatable bonds is 5. The summed E-state index contributed by atoms with van der Waals surface area (Å²) < 4.78 is 13.5. The number of carbonyl (C=O) groups is 1. The molecule has 1 aliphatic rings. The van der Waals surface area contributed by atoms with E-state index >= 15 is 0 Å². The van der Waals surface area contributed by atoms with E-state index in [4.69, 9.17) is 0 Å². The number of nitrogens with zero attached hydrogens (tertiary/aromatic N) is 1. The number of piperidine rings is 1. The Labute approximate surface area is 123 Å². The number of hydrogen-bond acceptors (Lipinski definition) is 4. The predicted molar refractivity (Wildman–Crippen MR) is 76.7 cm³/mol. The monoisotopic (exact) mass is 296 g/mol. The lowest BCUT2D eigenvalue weighted by atomic mass is 10.1. The Morgan fingerprint density at radius 3 is 3.05 bits per heavy atom. The van der Waals surface area contributed by atoms with Crippen LogP contribution in [0.4, 0.5) is 4.39 Å². The van der Waals surface area contributed by atoms with Gasteiger partial charge in [-0.3, -0.25) is 4.79 Å². The van der Waals surface area contributed by atoms with Gasteiger partial charge in [-0.25, -0.2) is 4.39 Å². The minimum atomic E-state index is -0.649. The topological polar surface area (TPSA) is 72.8 Å². The highest BCUT2D eigenvalue weighted by molar-refractivity contribution is 5.94. The molecule has 0 aliphatic carbocycles. The van der Waals surface area contributed by atoms with Gasteiger partial charge in [0.25, 0.3) is 5.91 Å². The number of aliphatic hydroxyl groups excluding tert-OH is 1. The Hall–Kier alpha value is -1.66. The molecule has 1 fully saturated rings. The number of amides is 1. The summed E-state index contributed by atoms with van der Waals surface area (Å²) in [6.45, 7) is 2.86. The minimum Gasteiger partial charge on any atom is -0.508 e. The van der Waals surface area contributed by atoms with Gasteiger partial charge in [-0.15, -0.1) is 0 Å². The van der Waals surface area contributed by atoms with Crippen LogP contribution in [0.15, 0.2) is 18.2 Å². The van der Waals surface area contributed by atoms with Gasteiger partial charge in [0, 0.05) is 13.1 Å². The van der Waals surface area contributed by atoms with Crippen molar-refractivity contribution in [3.63, 3.8) is 0 Å². The standard InChI is InChI=1S/C15H21FN2O3/c16-14-5-4-11(19)9-13(14)15(21)17-6-2-8-18-7-1-3-12(20)10-18/h4-5,9,12,19-20H,1-3,6-8,10H2,(H,17,21)/t12-/m0/s1. The third kappa shape index (κ3) is 4.68. The van der Waals surface area contributed by atoms with Crippen molar-refractivity contribution in [3.8, 4) is 5.75 Å². The van der Waals surface area contributed by atoms with Gasteiger partial charge in [0.1, 0.15) is 11.6 Å². The van der Waals surface area contributed by atoms with Gasteiger partial charge in [0.2, 0.25) is 0 Å². The molecular formula is C15H21FN2O3. The third-order valence-corrected chi connectivity index (χ3v) is 3.61. The molecule has 0 spiro atoms. The summed E-state index contributed by atoms with van der Waals surface area (Å²) in [5.41, 5.74) is -0.150. The van der Waals surface area contributed by atoms with Crippen molar-refractivity contribution in [2.75, 3.05) is 26.2 Å². The zero-order valence-corrected chi connectivity index (χ0v) is 11.9. The van der Waals surface area contributed by atoms with Crippen LogP contribution in [0.5, 0.6) is 5.75 Å². The summed E-state index contributed by atoms with van der Waals surface area (Å²) >= 11 is 0. The van der Waals surface area contributed by atoms with Gasteiger partial charge in [0.15, 0.2) is 0 Å². The summed E-state index contributed by atoms with van der Waals surface area (Å²) in [6.07, 6.45) is 2.32. The molecule has 0 unspecified atom stereocenters. The third-order valence-electron chi connectivity index (χ3n) is 3.61. The van der Waals surface area contributed by atoms with Gasteiger partial charge in [-0.1, -0.05) is 0 Å². The van der Waals surface area contributed by atoms with Crippen LogP contribution >= 0.6 is 0 Å². The average molecular weight is 296 g/mol. The Bertz CT molecular complexity index is 496. The first-order chi connectivity index (χ1) is 10.1. The molecule has 1 atom stereocenters. The van der Waals surface area contributed by atoms with Crippen LogP contribution in [0.25, 0.3) is 0 Å². The number of phenolic OH excluding ortho intramolecular Hbond substituents is 1. The lowest BCUT2D eigenvalue weighted by molar-refractivity contribution is 0.0697. The lowest BCUT2D eigenvalue weighted by Gasteiger charge is -2.29. The number of phenols is 1. The van der Waals surface area contributed by atoms with Crippen LogP contribution in [0.3, 0.4) is 0 Å². The second-order valence-electron chi connectivity index (χ2n) is 5.37. The number of halogens is 1. The number of benzene rings is 1. The number of aliphatic hydroxyl groups is 1. The van der Waals surface area contributed by atoms with Crippen LogP contribution in [0, 0.1) is 5.82 Å². The zero-order chi connectivity index (χ0) is 15.2. The fourth-order valence-electron chi connectivity index (χ4n) is 2.52. The van der Waals surface area contributed by atoms with Crippen molar-refractivity contribution in [1.29, 1.82) is 0 Å². The first-order valence-corrected chi connectivity index (χ1v) is 7.23. The molecule has 0 saturated carbocycles. The fourth-order valence-corrected chi connectivity index (χ4v) is 2.52. The molecule has 1 aliphatic heterocycles. The minimum absolute atomic E-state index is 0.135. The first kappa shape index (κ1) is 15.7. The highest BCUT2D eigenvalue weighted by atomic mass is 19.1. The average Bonchev–Trinajstić information content (AvgIpc) is 2.46. The zero-order valence-electron chi connectivity index (χ0n) is 11.9. The second-order valence-corrected chi connectivity index (χ2v) is 5.37. The normalized spacial score (nSPS) is 19.4. The van der Waals surface area contributed by atoms with Crippen LogP contribution in [-0.4, -0.2) is 53.3 Å². The van der Waals surface area contributed by atoms with Crippen molar-refractivity contribution < 1.29 is 19.4 Å². The molecule has 1 amide bonds. The van der Waals surface area contributed by atoms with E-state index in [0.717, 1.165) is 44.5 Å². The Kier molecular flexibility index (Phi) is 5.52. The van der Waals surface area contributed by atoms with Crippen LogP contribution < -0.4 is 5.32 Å². The number of aromatic hydroxyl groups is 1. The van der Waals surface area contributed by atoms with E-state index in [1.807, 2.05) is 0 Å². The van der Waals surface area contributed by atoms with Crippen molar-refractivity contribution in [1.82, 2.24) is 10.2 Å². The van der Waals surface area contributed by atoms with Crippen molar-refractivity contribution in [2.45, 2.75) is 25.4 Å². The number of hydrogen-bond donors (Lipinski definition) is 3. The molecule has 1 aromatic carbocycles. The van der Waals surface area contributed by atoms with Crippen molar-refractivity contribution in [2.24, 2.45) is 0 Å². The van der Waals surface area contributed by atoms with Crippen LogP contribution in [0.1, 0.15) is 29.6 Å². The molecule has 21 heavy (non-hydrogen) atoms. The molecule has 5 nitrogen and oxygen atoms in total. The van der Waals surface area contributed by atoms with E-state index in [1.54, 1.807) is 0 Å². The van der Waals surface area contributed by atoms with Crippen LogP contribution in [0.2, 0.25) is 0 Å². The lowest BCUT2D eigenvalue weighted by Crippen LogP contribution is -2.39. The second kappa shape index (κ2) is 7.38. The molecule has 1 saturated heterocycles. The first-order valence-electron chi connectivity index (χ1n) is 7.23. The molecule has 1 heterocycles. The number of carbonyl (C=O) groups excluding carboxylic acids is 1. The number of nitrogens with one attached hydrogen (secondary N) is 1. The maximum absolute atomic E-state index is 13.5. The van der Waals surface area contributed by atoms with Gasteiger partial charge in [0.05, 0.1) is 11.7 Å². The summed E-state index contributed by atoms with van der Waals surface area (Å²) in [5.74, 6) is -1.31. The number of likely N-dealkylation sites (tertiary alicyclic amines) is 1. The van der Waals surface area contributed by atoms with Crippen molar-refractivity contribution >= 4 is 5.91 Å². The van der Waals surface area contributed by atoms with E-state index < -0.39 is 11.7 Å². The van der Waals surface area contributed by atoms with E-state index in [0.29, 0.717) is 13.1 Å². The molecule has 0 aromatic heterocycles. The SMILES string of the molecule is O=C(NCCCN1CCC[C@H](O)C1)c1cc(O)ccc1F. The molecule has 6 heteroatoms. The number of β-amino-alcohol motifs (C(OH)–C–C–N with tert-alkyl or cyclic N) is 1. The molecule has 2 rings (SSSR count). The smallest absolute Gasteiger partial charge is 0.254 e. The molecule has 3 N–H and O–H groups in total. The summed E-state index contributed by atoms with van der Waals surface area (Å²) in [4.78, 5) is 14.0. The molecule has 1 aromatic rings. The van der Waals surface area contributed by atoms with E-state index in [2.05, 4.69) is 10.2 Å².